The van der Waals surface area contributed by atoms with Crippen LogP contribution in [0.3, 0.4) is 0 Å². The molecule has 0 aromatic heterocycles. The van der Waals surface area contributed by atoms with E-state index in [0.29, 0.717) is 5.56 Å². The van der Waals surface area contributed by atoms with Crippen molar-refractivity contribution in [3.05, 3.63) is 65.0 Å². The Kier molecular flexibility index (Phi) is 6.92. The lowest BCUT2D eigenvalue weighted by molar-refractivity contribution is -0.137. The maximum Gasteiger partial charge on any atom is 0.416 e. The normalized spacial score (nSPS) is 23.2. The number of alkyl halides is 3. The van der Waals surface area contributed by atoms with Gasteiger partial charge in [-0.2, -0.15) is 18.4 Å². The van der Waals surface area contributed by atoms with Crippen LogP contribution in [0.2, 0.25) is 0 Å². The number of urea groups is 1. The molecule has 1 aliphatic heterocycles. The summed E-state index contributed by atoms with van der Waals surface area (Å²) in [7, 11) is 0. The number of amides is 4. The maximum atomic E-state index is 14.9. The topological polar surface area (TPSA) is 106 Å². The van der Waals surface area contributed by atoms with Crippen LogP contribution < -0.4 is 15.5 Å². The average Bonchev–Trinajstić information content (AvgIpc) is 3.62. The fourth-order valence-electron chi connectivity index (χ4n) is 5.27. The zero-order valence-electron chi connectivity index (χ0n) is 20.7. The molecule has 2 N–H and O–H groups in total. The molecule has 0 radical (unpaired) electrons. The third-order valence-electron chi connectivity index (χ3n) is 7.38. The molecule has 3 atom stereocenters. The Bertz CT molecular complexity index is 1340. The number of carbonyl (C=O) groups excluding carboxylic acids is 3. The summed E-state index contributed by atoms with van der Waals surface area (Å²) in [6, 6.07) is 8.48. The van der Waals surface area contributed by atoms with E-state index in [-0.39, 0.29) is 42.7 Å². The molecule has 3 fully saturated rings. The molecule has 8 nitrogen and oxygen atoms in total. The molecule has 0 spiro atoms. The van der Waals surface area contributed by atoms with Crippen LogP contribution in [0.1, 0.15) is 42.4 Å². The molecule has 39 heavy (non-hydrogen) atoms. The summed E-state index contributed by atoms with van der Waals surface area (Å²) in [6.45, 7) is -0.536. The monoisotopic (exact) mass is 543 g/mol. The largest absolute Gasteiger partial charge is 0.416 e. The first-order chi connectivity index (χ1) is 18.5. The van der Waals surface area contributed by atoms with Gasteiger partial charge in [-0.1, -0.05) is 12.1 Å². The quantitative estimate of drug-likeness (QED) is 0.561. The Hall–Kier alpha value is -4.14. The van der Waals surface area contributed by atoms with Gasteiger partial charge in [-0.05, 0) is 61.6 Å². The van der Waals surface area contributed by atoms with Crippen LogP contribution >= 0.6 is 0 Å². The molecule has 12 heteroatoms. The Morgan fingerprint density at radius 2 is 1.72 bits per heavy atom. The molecule has 1 heterocycles. The number of fused-ring (bicyclic) bond motifs is 1. The molecular weight excluding hydrogens is 518 g/mol. The van der Waals surface area contributed by atoms with Gasteiger partial charge in [-0.15, -0.1) is 0 Å². The van der Waals surface area contributed by atoms with Crippen molar-refractivity contribution in [2.24, 2.45) is 5.92 Å². The first-order valence-electron chi connectivity index (χ1n) is 12.6. The molecule has 1 saturated heterocycles. The van der Waals surface area contributed by atoms with Crippen molar-refractivity contribution in [2.45, 2.75) is 56.5 Å². The number of nitrogens with one attached hydrogen (secondary N) is 2. The Balaban J connectivity index is 1.44. The van der Waals surface area contributed by atoms with E-state index in [9.17, 15) is 31.9 Å². The zero-order valence-corrected chi connectivity index (χ0v) is 20.7. The van der Waals surface area contributed by atoms with Crippen LogP contribution in [-0.2, 0) is 22.3 Å². The number of hydrogen-bond donors (Lipinski definition) is 2. The molecule has 2 aromatic carbocycles. The highest BCUT2D eigenvalue weighted by Gasteiger charge is 2.49. The van der Waals surface area contributed by atoms with Gasteiger partial charge in [0.25, 0.3) is 0 Å². The number of carbonyl (C=O) groups is 3. The lowest BCUT2D eigenvalue weighted by Crippen LogP contribution is -2.45. The van der Waals surface area contributed by atoms with E-state index in [1.54, 1.807) is 0 Å². The first kappa shape index (κ1) is 26.5. The lowest BCUT2D eigenvalue weighted by Gasteiger charge is -2.30. The zero-order chi connectivity index (χ0) is 27.9. The van der Waals surface area contributed by atoms with Gasteiger partial charge in [0.2, 0.25) is 11.8 Å². The minimum absolute atomic E-state index is 0.0541. The van der Waals surface area contributed by atoms with E-state index in [4.69, 9.17) is 5.26 Å². The summed E-state index contributed by atoms with van der Waals surface area (Å²) in [5, 5.41) is 14.7. The highest BCUT2D eigenvalue weighted by atomic mass is 19.4. The van der Waals surface area contributed by atoms with Crippen molar-refractivity contribution < 1.29 is 31.9 Å². The van der Waals surface area contributed by atoms with Crippen LogP contribution in [0.4, 0.5) is 28.0 Å². The fraction of sp³-hybridized carbons (Fsp3) is 0.407. The molecule has 0 unspecified atom stereocenters. The van der Waals surface area contributed by atoms with E-state index >= 15 is 0 Å². The van der Waals surface area contributed by atoms with E-state index < -0.39 is 53.9 Å². The van der Waals surface area contributed by atoms with E-state index in [2.05, 4.69) is 10.6 Å². The SMILES string of the molecule is N#Cc1ccc(N2CC(=O)N(Cc3ccc(C(F)(F)F)cc3)[C@@H]3C[C@H](NC(=O)NC4CC4)C[C@H]3C2=O)c(F)c1. The van der Waals surface area contributed by atoms with Gasteiger partial charge < -0.3 is 15.5 Å². The maximum absolute atomic E-state index is 14.9. The van der Waals surface area contributed by atoms with Crippen molar-refractivity contribution in [3.63, 3.8) is 0 Å². The number of anilines is 1. The van der Waals surface area contributed by atoms with Crippen molar-refractivity contribution in [1.82, 2.24) is 15.5 Å². The number of hydrogen-bond acceptors (Lipinski definition) is 4. The van der Waals surface area contributed by atoms with Crippen molar-refractivity contribution in [2.75, 3.05) is 11.4 Å². The smallest absolute Gasteiger partial charge is 0.335 e. The van der Waals surface area contributed by atoms with Gasteiger partial charge in [0.15, 0.2) is 0 Å². The summed E-state index contributed by atoms with van der Waals surface area (Å²) < 4.78 is 54.0. The molecule has 3 aliphatic rings. The van der Waals surface area contributed by atoms with E-state index in [1.807, 2.05) is 6.07 Å². The average molecular weight is 544 g/mol. The molecule has 5 rings (SSSR count). The Labute approximate surface area is 221 Å². The van der Waals surface area contributed by atoms with Gasteiger partial charge in [0.1, 0.15) is 12.4 Å². The van der Waals surface area contributed by atoms with Crippen LogP contribution in [-0.4, -0.2) is 47.4 Å². The highest BCUT2D eigenvalue weighted by molar-refractivity contribution is 6.02. The summed E-state index contributed by atoms with van der Waals surface area (Å²) in [5.41, 5.74) is -0.483. The summed E-state index contributed by atoms with van der Waals surface area (Å²) in [6.07, 6.45) is -2.27. The summed E-state index contributed by atoms with van der Waals surface area (Å²) in [5.74, 6) is -2.63. The lowest BCUT2D eigenvalue weighted by atomic mass is 10.00. The van der Waals surface area contributed by atoms with Gasteiger partial charge in [-0.25, -0.2) is 9.18 Å². The number of rotatable bonds is 5. The standard InChI is InChI=1S/C27H25F4N5O3/c28-21-9-16(12-32)3-8-22(21)36-14-24(37)35(13-15-1-4-17(5-2-15)27(29,30)31)23-11-19(10-20(23)25(36)38)34-26(39)33-18-6-7-18/h1-5,8-9,18-20,23H,6-7,10-11,13-14H2,(H2,33,34,39)/t19-,20-,23-/m1/s1. The second-order valence-corrected chi connectivity index (χ2v) is 10.2. The van der Waals surface area contributed by atoms with Crippen LogP contribution in [0.25, 0.3) is 0 Å². The minimum Gasteiger partial charge on any atom is -0.335 e. The fourth-order valence-corrected chi connectivity index (χ4v) is 5.27. The second-order valence-electron chi connectivity index (χ2n) is 10.2. The van der Waals surface area contributed by atoms with E-state index in [0.717, 1.165) is 35.9 Å². The van der Waals surface area contributed by atoms with Crippen LogP contribution in [0.15, 0.2) is 42.5 Å². The Morgan fingerprint density at radius 1 is 1.03 bits per heavy atom. The number of nitriles is 1. The van der Waals surface area contributed by atoms with Gasteiger partial charge in [0.05, 0.1) is 28.8 Å². The predicted octanol–water partition coefficient (Wildman–Crippen LogP) is 3.70. The molecule has 204 valence electrons. The third-order valence-corrected chi connectivity index (χ3v) is 7.38. The van der Waals surface area contributed by atoms with Crippen molar-refractivity contribution in [1.29, 1.82) is 5.26 Å². The van der Waals surface area contributed by atoms with Crippen molar-refractivity contribution >= 4 is 23.5 Å². The third kappa shape index (κ3) is 5.67. The Morgan fingerprint density at radius 3 is 2.33 bits per heavy atom. The first-order valence-corrected chi connectivity index (χ1v) is 12.6. The van der Waals surface area contributed by atoms with Crippen LogP contribution in [0.5, 0.6) is 0 Å². The van der Waals surface area contributed by atoms with Gasteiger partial charge in [-0.3, -0.25) is 14.5 Å². The molecular formula is C27H25F4N5O3. The summed E-state index contributed by atoms with van der Waals surface area (Å²) in [4.78, 5) is 42.1. The van der Waals surface area contributed by atoms with Gasteiger partial charge in [0, 0.05) is 24.7 Å². The number of nitrogens with zero attached hydrogens (tertiary/aromatic N) is 3. The molecule has 2 saturated carbocycles. The molecule has 0 bridgehead atoms. The molecule has 2 aliphatic carbocycles. The second kappa shape index (κ2) is 10.2. The number of benzene rings is 2. The summed E-state index contributed by atoms with van der Waals surface area (Å²) >= 11 is 0. The highest BCUT2D eigenvalue weighted by Crippen LogP contribution is 2.37. The minimum atomic E-state index is -4.51. The molecule has 4 amide bonds. The number of halogens is 4. The van der Waals surface area contributed by atoms with Gasteiger partial charge >= 0.3 is 12.2 Å². The van der Waals surface area contributed by atoms with Crippen molar-refractivity contribution in [3.8, 4) is 6.07 Å². The van der Waals surface area contributed by atoms with E-state index in [1.165, 1.54) is 29.2 Å². The molecule has 2 aromatic rings. The predicted molar refractivity (Wildman–Crippen MR) is 130 cm³/mol. The van der Waals surface area contributed by atoms with Crippen LogP contribution in [0, 0.1) is 23.1 Å².